The minimum Gasteiger partial charge on any atom is -0.493 e. The lowest BCUT2D eigenvalue weighted by atomic mass is 10.1. The van der Waals surface area contributed by atoms with Crippen molar-refractivity contribution in [1.29, 1.82) is 0 Å². The zero-order valence-corrected chi connectivity index (χ0v) is 19.9. The first-order valence-corrected chi connectivity index (χ1v) is 10.2. The summed E-state index contributed by atoms with van der Waals surface area (Å²) >= 11 is 0. The number of likely N-dealkylation sites (tertiary alicyclic amines) is 1. The minimum absolute atomic E-state index is 0. The molecular formula is C21H37IN4O2. The number of nitrogens with zero attached hydrogens (tertiary/aromatic N) is 2. The molecule has 1 aliphatic heterocycles. The van der Waals surface area contributed by atoms with Gasteiger partial charge in [-0.1, -0.05) is 18.2 Å². The SMILES string of the molecule is CCNC(=NCCCOc1ccccc1C)NC1CCN(CCOC)CC1.I. The van der Waals surface area contributed by atoms with Crippen LogP contribution in [-0.2, 0) is 4.74 Å². The molecule has 0 spiro atoms. The van der Waals surface area contributed by atoms with Crippen LogP contribution in [0.5, 0.6) is 5.75 Å². The zero-order chi connectivity index (χ0) is 19.3. The maximum atomic E-state index is 5.85. The van der Waals surface area contributed by atoms with Crippen molar-refractivity contribution in [2.24, 2.45) is 4.99 Å². The van der Waals surface area contributed by atoms with Gasteiger partial charge in [0.25, 0.3) is 0 Å². The summed E-state index contributed by atoms with van der Waals surface area (Å²) in [5, 5.41) is 6.95. The second kappa shape index (κ2) is 14.9. The predicted molar refractivity (Wildman–Crippen MR) is 127 cm³/mol. The summed E-state index contributed by atoms with van der Waals surface area (Å²) in [6, 6.07) is 8.62. The fourth-order valence-corrected chi connectivity index (χ4v) is 3.19. The van der Waals surface area contributed by atoms with E-state index >= 15 is 0 Å². The van der Waals surface area contributed by atoms with Crippen LogP contribution in [0.1, 0.15) is 31.7 Å². The average molecular weight is 504 g/mol. The topological polar surface area (TPSA) is 58.1 Å². The van der Waals surface area contributed by atoms with Gasteiger partial charge in [-0.3, -0.25) is 4.99 Å². The van der Waals surface area contributed by atoms with Gasteiger partial charge in [0.15, 0.2) is 5.96 Å². The van der Waals surface area contributed by atoms with Gasteiger partial charge in [0.05, 0.1) is 13.2 Å². The number of aliphatic imine (C=N–C) groups is 1. The summed E-state index contributed by atoms with van der Waals surface area (Å²) in [5.41, 5.74) is 1.17. The molecule has 160 valence electrons. The molecule has 0 amide bonds. The first-order valence-electron chi connectivity index (χ1n) is 10.2. The molecule has 1 saturated heterocycles. The number of guanidine groups is 1. The van der Waals surface area contributed by atoms with Gasteiger partial charge in [0.2, 0.25) is 0 Å². The third-order valence-electron chi connectivity index (χ3n) is 4.81. The summed E-state index contributed by atoms with van der Waals surface area (Å²) in [6.45, 7) is 10.6. The van der Waals surface area contributed by atoms with E-state index in [-0.39, 0.29) is 24.0 Å². The molecule has 0 saturated carbocycles. The molecule has 2 rings (SSSR count). The highest BCUT2D eigenvalue weighted by atomic mass is 127. The summed E-state index contributed by atoms with van der Waals surface area (Å²) in [4.78, 5) is 7.18. The Bertz CT molecular complexity index is 563. The van der Waals surface area contributed by atoms with Gasteiger partial charge in [-0.15, -0.1) is 24.0 Å². The van der Waals surface area contributed by atoms with E-state index in [1.807, 2.05) is 18.2 Å². The molecule has 0 bridgehead atoms. The van der Waals surface area contributed by atoms with E-state index in [4.69, 9.17) is 14.5 Å². The van der Waals surface area contributed by atoms with Gasteiger partial charge in [-0.25, -0.2) is 0 Å². The number of benzene rings is 1. The van der Waals surface area contributed by atoms with E-state index in [2.05, 4.69) is 35.4 Å². The minimum atomic E-state index is 0. The lowest BCUT2D eigenvalue weighted by Crippen LogP contribution is -2.49. The lowest BCUT2D eigenvalue weighted by Gasteiger charge is -2.32. The Labute approximate surface area is 187 Å². The standard InChI is InChI=1S/C21H36N4O2.HI/c1-4-22-21(24-19-10-13-25(14-11-19)15-17-26-3)23-12-7-16-27-20-9-6-5-8-18(20)2;/h5-6,8-9,19H,4,7,10-17H2,1-3H3,(H2,22,23,24);1H. The second-order valence-electron chi connectivity index (χ2n) is 6.98. The molecule has 0 radical (unpaired) electrons. The number of hydrogen-bond acceptors (Lipinski definition) is 4. The van der Waals surface area contributed by atoms with Crippen molar-refractivity contribution in [2.45, 2.75) is 39.2 Å². The van der Waals surface area contributed by atoms with Crippen LogP contribution in [0.4, 0.5) is 0 Å². The van der Waals surface area contributed by atoms with Crippen molar-refractivity contribution in [1.82, 2.24) is 15.5 Å². The van der Waals surface area contributed by atoms with Crippen LogP contribution in [0.15, 0.2) is 29.3 Å². The molecule has 1 aromatic rings. The molecule has 0 unspecified atom stereocenters. The van der Waals surface area contributed by atoms with E-state index in [1.165, 1.54) is 5.56 Å². The number of aryl methyl sites for hydroxylation is 1. The fraction of sp³-hybridized carbons (Fsp3) is 0.667. The quantitative estimate of drug-likeness (QED) is 0.222. The van der Waals surface area contributed by atoms with E-state index in [0.717, 1.165) is 70.3 Å². The highest BCUT2D eigenvalue weighted by Crippen LogP contribution is 2.16. The Hall–Kier alpha value is -1.06. The summed E-state index contributed by atoms with van der Waals surface area (Å²) in [6.07, 6.45) is 3.19. The van der Waals surface area contributed by atoms with Gasteiger partial charge in [0.1, 0.15) is 5.75 Å². The summed E-state index contributed by atoms with van der Waals surface area (Å²) in [7, 11) is 1.76. The molecule has 1 fully saturated rings. The van der Waals surface area contributed by atoms with Crippen LogP contribution in [0.2, 0.25) is 0 Å². The number of halogens is 1. The number of ether oxygens (including phenoxy) is 2. The largest absolute Gasteiger partial charge is 0.493 e. The van der Waals surface area contributed by atoms with E-state index in [9.17, 15) is 0 Å². The molecule has 28 heavy (non-hydrogen) atoms. The first-order chi connectivity index (χ1) is 13.2. The molecule has 1 aliphatic rings. The molecule has 6 nitrogen and oxygen atoms in total. The molecule has 0 aliphatic carbocycles. The van der Waals surface area contributed by atoms with Crippen molar-refractivity contribution in [2.75, 3.05) is 53.0 Å². The monoisotopic (exact) mass is 504 g/mol. The third-order valence-corrected chi connectivity index (χ3v) is 4.81. The lowest BCUT2D eigenvalue weighted by molar-refractivity contribution is 0.128. The van der Waals surface area contributed by atoms with E-state index in [0.29, 0.717) is 12.6 Å². The number of methoxy groups -OCH3 is 1. The number of nitrogens with one attached hydrogen (secondary N) is 2. The molecule has 1 heterocycles. The highest BCUT2D eigenvalue weighted by molar-refractivity contribution is 14.0. The second-order valence-corrected chi connectivity index (χ2v) is 6.98. The van der Waals surface area contributed by atoms with Crippen molar-refractivity contribution in [3.8, 4) is 5.75 Å². The van der Waals surface area contributed by atoms with Crippen molar-refractivity contribution in [3.63, 3.8) is 0 Å². The molecule has 0 atom stereocenters. The average Bonchev–Trinajstić information content (AvgIpc) is 2.68. The number of para-hydroxylation sites is 1. The van der Waals surface area contributed by atoms with Crippen molar-refractivity contribution in [3.05, 3.63) is 29.8 Å². The van der Waals surface area contributed by atoms with Crippen LogP contribution in [0, 0.1) is 6.92 Å². The molecular weight excluding hydrogens is 467 g/mol. The van der Waals surface area contributed by atoms with Gasteiger partial charge in [-0.2, -0.15) is 0 Å². The predicted octanol–water partition coefficient (Wildman–Crippen LogP) is 3.05. The molecule has 1 aromatic carbocycles. The Morgan fingerprint density at radius 2 is 1.96 bits per heavy atom. The molecule has 0 aromatic heterocycles. The third kappa shape index (κ3) is 9.43. The Balaban J connectivity index is 0.00000392. The van der Waals surface area contributed by atoms with Crippen molar-refractivity contribution < 1.29 is 9.47 Å². The van der Waals surface area contributed by atoms with Crippen LogP contribution in [0.3, 0.4) is 0 Å². The summed E-state index contributed by atoms with van der Waals surface area (Å²) < 4.78 is 11.0. The van der Waals surface area contributed by atoms with E-state index in [1.54, 1.807) is 7.11 Å². The Morgan fingerprint density at radius 3 is 2.64 bits per heavy atom. The number of rotatable bonds is 10. The van der Waals surface area contributed by atoms with E-state index < -0.39 is 0 Å². The molecule has 2 N–H and O–H groups in total. The van der Waals surface area contributed by atoms with Gasteiger partial charge < -0.3 is 25.0 Å². The maximum absolute atomic E-state index is 5.85. The van der Waals surface area contributed by atoms with Gasteiger partial charge >= 0.3 is 0 Å². The Kier molecular flexibility index (Phi) is 13.3. The van der Waals surface area contributed by atoms with Gasteiger partial charge in [-0.05, 0) is 38.3 Å². The summed E-state index contributed by atoms with van der Waals surface area (Å²) in [5.74, 6) is 1.88. The maximum Gasteiger partial charge on any atom is 0.191 e. The van der Waals surface area contributed by atoms with Crippen LogP contribution in [-0.4, -0.2) is 69.9 Å². The molecule has 7 heteroatoms. The number of hydrogen-bond donors (Lipinski definition) is 2. The Morgan fingerprint density at radius 1 is 1.21 bits per heavy atom. The smallest absolute Gasteiger partial charge is 0.191 e. The van der Waals surface area contributed by atoms with Crippen LogP contribution >= 0.6 is 24.0 Å². The number of piperidine rings is 1. The van der Waals surface area contributed by atoms with Crippen molar-refractivity contribution >= 4 is 29.9 Å². The zero-order valence-electron chi connectivity index (χ0n) is 17.6. The van der Waals surface area contributed by atoms with Crippen LogP contribution < -0.4 is 15.4 Å². The van der Waals surface area contributed by atoms with Gasteiger partial charge in [0, 0.05) is 52.3 Å². The van der Waals surface area contributed by atoms with Crippen LogP contribution in [0.25, 0.3) is 0 Å². The first kappa shape index (κ1) is 25.0. The fourth-order valence-electron chi connectivity index (χ4n) is 3.19. The highest BCUT2D eigenvalue weighted by Gasteiger charge is 2.19. The normalized spacial score (nSPS) is 15.8.